The highest BCUT2D eigenvalue weighted by molar-refractivity contribution is 5.95. The molecule has 0 radical (unpaired) electrons. The molecule has 3 amide bonds. The Kier molecular flexibility index (Phi) is 7.10. The Morgan fingerprint density at radius 1 is 0.967 bits per heavy atom. The molecule has 3 rings (SSSR count). The first-order valence-electron chi connectivity index (χ1n) is 9.78. The number of rotatable bonds is 7. The van der Waals surface area contributed by atoms with Crippen LogP contribution >= 0.6 is 0 Å². The van der Waals surface area contributed by atoms with Gasteiger partial charge >= 0.3 is 11.9 Å². The fourth-order valence-corrected chi connectivity index (χ4v) is 2.81. The number of benzene rings is 2. The SMILES string of the molecule is CCCc1ccc(OCc2ccc(C(=O)NNC(=O)Nc3ccccc3C)o2)cc1. The summed E-state index contributed by atoms with van der Waals surface area (Å²) in [6, 6.07) is 17.9. The number of nitrogens with one attached hydrogen (secondary N) is 3. The van der Waals surface area contributed by atoms with Crippen molar-refractivity contribution >= 4 is 17.6 Å². The molecule has 2 aromatic carbocycles. The number of para-hydroxylation sites is 1. The Morgan fingerprint density at radius 2 is 1.73 bits per heavy atom. The van der Waals surface area contributed by atoms with Crippen LogP contribution in [-0.4, -0.2) is 11.9 Å². The van der Waals surface area contributed by atoms with Gasteiger partial charge in [-0.05, 0) is 54.8 Å². The number of hydrogen-bond donors (Lipinski definition) is 3. The predicted molar refractivity (Wildman–Crippen MR) is 114 cm³/mol. The molecule has 3 N–H and O–H groups in total. The summed E-state index contributed by atoms with van der Waals surface area (Å²) < 4.78 is 11.2. The minimum Gasteiger partial charge on any atom is -0.486 e. The van der Waals surface area contributed by atoms with Gasteiger partial charge in [-0.1, -0.05) is 43.7 Å². The zero-order chi connectivity index (χ0) is 21.3. The van der Waals surface area contributed by atoms with E-state index in [4.69, 9.17) is 9.15 Å². The van der Waals surface area contributed by atoms with Gasteiger partial charge in [-0.3, -0.25) is 10.2 Å². The first-order valence-corrected chi connectivity index (χ1v) is 9.78. The third-order valence-electron chi connectivity index (χ3n) is 4.41. The number of carbonyl (C=O) groups excluding carboxylic acids is 2. The molecule has 156 valence electrons. The van der Waals surface area contributed by atoms with E-state index in [0.717, 1.165) is 24.2 Å². The van der Waals surface area contributed by atoms with Crippen LogP contribution in [0.2, 0.25) is 0 Å². The van der Waals surface area contributed by atoms with Crippen molar-refractivity contribution in [3.63, 3.8) is 0 Å². The van der Waals surface area contributed by atoms with E-state index in [1.165, 1.54) is 11.6 Å². The molecule has 7 nitrogen and oxygen atoms in total. The number of amides is 3. The van der Waals surface area contributed by atoms with E-state index in [9.17, 15) is 9.59 Å². The van der Waals surface area contributed by atoms with Crippen LogP contribution in [0.1, 0.15) is 40.8 Å². The second-order valence-electron chi connectivity index (χ2n) is 6.80. The van der Waals surface area contributed by atoms with Crippen molar-refractivity contribution in [2.24, 2.45) is 0 Å². The highest BCUT2D eigenvalue weighted by Gasteiger charge is 2.13. The number of anilines is 1. The second-order valence-corrected chi connectivity index (χ2v) is 6.80. The normalized spacial score (nSPS) is 10.3. The minimum atomic E-state index is -0.565. The molecular formula is C23H25N3O4. The summed E-state index contributed by atoms with van der Waals surface area (Å²) in [6.07, 6.45) is 2.13. The summed E-state index contributed by atoms with van der Waals surface area (Å²) in [5.74, 6) is 0.738. The maximum absolute atomic E-state index is 12.2. The predicted octanol–water partition coefficient (Wildman–Crippen LogP) is 4.59. The Morgan fingerprint density at radius 3 is 2.47 bits per heavy atom. The molecule has 1 heterocycles. The standard InChI is InChI=1S/C23H25N3O4/c1-3-6-17-9-11-18(12-10-17)29-15-19-13-14-21(30-19)22(27)25-26-23(28)24-20-8-5-4-7-16(20)2/h4-5,7-14H,3,6,15H2,1-2H3,(H,25,27)(H2,24,26,28). The summed E-state index contributed by atoms with van der Waals surface area (Å²) in [4.78, 5) is 24.1. The van der Waals surface area contributed by atoms with Crippen molar-refractivity contribution in [3.05, 3.63) is 83.3 Å². The van der Waals surface area contributed by atoms with Crippen molar-refractivity contribution < 1.29 is 18.7 Å². The third kappa shape index (κ3) is 5.88. The van der Waals surface area contributed by atoms with E-state index < -0.39 is 11.9 Å². The smallest absolute Gasteiger partial charge is 0.337 e. The largest absolute Gasteiger partial charge is 0.486 e. The van der Waals surface area contributed by atoms with Crippen LogP contribution in [-0.2, 0) is 13.0 Å². The molecule has 0 spiro atoms. The van der Waals surface area contributed by atoms with Gasteiger partial charge < -0.3 is 14.5 Å². The number of hydrazine groups is 1. The van der Waals surface area contributed by atoms with Crippen molar-refractivity contribution in [2.45, 2.75) is 33.3 Å². The summed E-state index contributed by atoms with van der Waals surface area (Å²) in [5, 5.41) is 2.66. The molecule has 0 bridgehead atoms. The molecule has 0 saturated heterocycles. The van der Waals surface area contributed by atoms with Crippen LogP contribution in [0.4, 0.5) is 10.5 Å². The molecule has 0 aliphatic heterocycles. The number of ether oxygens (including phenoxy) is 1. The average molecular weight is 407 g/mol. The van der Waals surface area contributed by atoms with E-state index in [-0.39, 0.29) is 12.4 Å². The van der Waals surface area contributed by atoms with Gasteiger partial charge in [0.05, 0.1) is 0 Å². The molecular weight excluding hydrogens is 382 g/mol. The van der Waals surface area contributed by atoms with Crippen LogP contribution in [0.5, 0.6) is 5.75 Å². The van der Waals surface area contributed by atoms with Gasteiger partial charge in [-0.2, -0.15) is 0 Å². The number of hydrogen-bond acceptors (Lipinski definition) is 4. The van der Waals surface area contributed by atoms with Crippen molar-refractivity contribution in [2.75, 3.05) is 5.32 Å². The Hall–Kier alpha value is -3.74. The molecule has 1 aromatic heterocycles. The van der Waals surface area contributed by atoms with Crippen LogP contribution < -0.4 is 20.9 Å². The van der Waals surface area contributed by atoms with Gasteiger partial charge in [0, 0.05) is 5.69 Å². The van der Waals surface area contributed by atoms with Gasteiger partial charge in [0.2, 0.25) is 0 Å². The lowest BCUT2D eigenvalue weighted by Gasteiger charge is -2.10. The minimum absolute atomic E-state index is 0.0723. The number of carbonyl (C=O) groups is 2. The van der Waals surface area contributed by atoms with Gasteiger partial charge in [0.15, 0.2) is 5.76 Å². The number of urea groups is 1. The number of furan rings is 1. The molecule has 30 heavy (non-hydrogen) atoms. The molecule has 3 aromatic rings. The van der Waals surface area contributed by atoms with E-state index in [1.54, 1.807) is 12.1 Å². The topological polar surface area (TPSA) is 92.6 Å². The van der Waals surface area contributed by atoms with E-state index in [1.807, 2.05) is 49.4 Å². The molecule has 0 fully saturated rings. The monoisotopic (exact) mass is 407 g/mol. The Bertz CT molecular complexity index is 996. The van der Waals surface area contributed by atoms with Crippen molar-refractivity contribution in [1.82, 2.24) is 10.9 Å². The third-order valence-corrected chi connectivity index (χ3v) is 4.41. The highest BCUT2D eigenvalue weighted by atomic mass is 16.5. The van der Waals surface area contributed by atoms with E-state index in [2.05, 4.69) is 23.1 Å². The van der Waals surface area contributed by atoms with Crippen LogP contribution in [0, 0.1) is 6.92 Å². The zero-order valence-electron chi connectivity index (χ0n) is 17.0. The Labute approximate surface area is 175 Å². The lowest BCUT2D eigenvalue weighted by molar-refractivity contribution is 0.0906. The molecule has 0 saturated carbocycles. The van der Waals surface area contributed by atoms with Gasteiger partial charge in [-0.25, -0.2) is 10.2 Å². The second kappa shape index (κ2) is 10.2. The van der Waals surface area contributed by atoms with Gasteiger partial charge in [-0.15, -0.1) is 0 Å². The zero-order valence-corrected chi connectivity index (χ0v) is 17.0. The fraction of sp³-hybridized carbons (Fsp3) is 0.217. The Balaban J connectivity index is 1.46. The van der Waals surface area contributed by atoms with E-state index in [0.29, 0.717) is 11.4 Å². The molecule has 0 aliphatic rings. The molecule has 0 unspecified atom stereocenters. The van der Waals surface area contributed by atoms with Crippen LogP contribution in [0.3, 0.4) is 0 Å². The summed E-state index contributed by atoms with van der Waals surface area (Å²) in [7, 11) is 0. The van der Waals surface area contributed by atoms with Gasteiger partial charge in [0.25, 0.3) is 0 Å². The maximum atomic E-state index is 12.2. The lowest BCUT2D eigenvalue weighted by Crippen LogP contribution is -2.43. The molecule has 0 aliphatic carbocycles. The molecule has 7 heteroatoms. The van der Waals surface area contributed by atoms with Crippen molar-refractivity contribution in [1.29, 1.82) is 0 Å². The molecule has 0 atom stereocenters. The fourth-order valence-electron chi connectivity index (χ4n) is 2.81. The average Bonchev–Trinajstić information content (AvgIpc) is 3.23. The van der Waals surface area contributed by atoms with Gasteiger partial charge in [0.1, 0.15) is 18.1 Å². The van der Waals surface area contributed by atoms with E-state index >= 15 is 0 Å². The van der Waals surface area contributed by atoms with Crippen LogP contribution in [0.25, 0.3) is 0 Å². The lowest BCUT2D eigenvalue weighted by atomic mass is 10.1. The quantitative estimate of drug-likeness (QED) is 0.500. The summed E-state index contributed by atoms with van der Waals surface area (Å²) >= 11 is 0. The first-order chi connectivity index (χ1) is 14.5. The maximum Gasteiger partial charge on any atom is 0.337 e. The first kappa shape index (κ1) is 21.0. The van der Waals surface area contributed by atoms with Crippen LogP contribution in [0.15, 0.2) is 65.1 Å². The number of aryl methyl sites for hydroxylation is 2. The summed E-state index contributed by atoms with van der Waals surface area (Å²) in [6.45, 7) is 4.21. The summed E-state index contributed by atoms with van der Waals surface area (Å²) in [5.41, 5.74) is 7.44. The highest BCUT2D eigenvalue weighted by Crippen LogP contribution is 2.16. The van der Waals surface area contributed by atoms with Crippen molar-refractivity contribution in [3.8, 4) is 5.75 Å².